The highest BCUT2D eigenvalue weighted by molar-refractivity contribution is 9.10. The van der Waals surface area contributed by atoms with Crippen LogP contribution in [0.3, 0.4) is 0 Å². The summed E-state index contributed by atoms with van der Waals surface area (Å²) in [5, 5.41) is 7.86. The summed E-state index contributed by atoms with van der Waals surface area (Å²) < 4.78 is 3.19. The number of hydrogen-bond acceptors (Lipinski definition) is 2. The molecule has 3 nitrogen and oxygen atoms in total. The molecule has 0 saturated carbocycles. The normalized spacial score (nSPS) is 12.4. The van der Waals surface area contributed by atoms with Crippen molar-refractivity contribution in [1.82, 2.24) is 15.1 Å². The molecule has 92 valence electrons. The Hall–Kier alpha value is -0.350. The van der Waals surface area contributed by atoms with E-state index < -0.39 is 0 Å². The predicted molar refractivity (Wildman–Crippen MR) is 71.8 cm³/mol. The molecule has 0 amide bonds. The van der Waals surface area contributed by atoms with E-state index in [2.05, 4.69) is 65.6 Å². The molecule has 1 N–H and O–H groups in total. The van der Waals surface area contributed by atoms with Crippen LogP contribution in [-0.4, -0.2) is 21.9 Å². The van der Waals surface area contributed by atoms with E-state index in [9.17, 15) is 0 Å². The molecule has 1 heterocycles. The second-order valence-electron chi connectivity index (χ2n) is 5.40. The number of rotatable bonds is 4. The van der Waals surface area contributed by atoms with Crippen LogP contribution in [0, 0.1) is 0 Å². The van der Waals surface area contributed by atoms with Gasteiger partial charge in [-0.25, -0.2) is 0 Å². The summed E-state index contributed by atoms with van der Waals surface area (Å²) in [6.45, 7) is 11.8. The lowest BCUT2D eigenvalue weighted by molar-refractivity contribution is 0.421. The van der Waals surface area contributed by atoms with E-state index in [-0.39, 0.29) is 5.54 Å². The van der Waals surface area contributed by atoms with Crippen LogP contribution in [0.25, 0.3) is 0 Å². The average Bonchev–Trinajstić information content (AvgIpc) is 2.46. The zero-order valence-electron chi connectivity index (χ0n) is 10.8. The summed E-state index contributed by atoms with van der Waals surface area (Å²) in [6, 6.07) is 0.413. The largest absolute Gasteiger partial charge is 0.312 e. The Morgan fingerprint density at radius 1 is 1.44 bits per heavy atom. The van der Waals surface area contributed by atoms with Gasteiger partial charge in [0, 0.05) is 24.5 Å². The molecule has 0 fully saturated rings. The Balaban J connectivity index is 2.63. The highest BCUT2D eigenvalue weighted by atomic mass is 79.9. The van der Waals surface area contributed by atoms with Crippen LogP contribution in [0.4, 0.5) is 0 Å². The molecule has 1 aromatic rings. The quantitative estimate of drug-likeness (QED) is 0.922. The van der Waals surface area contributed by atoms with Crippen LogP contribution in [0.1, 0.15) is 46.4 Å². The first-order chi connectivity index (χ1) is 7.31. The van der Waals surface area contributed by atoms with Crippen molar-refractivity contribution >= 4 is 15.9 Å². The molecule has 0 aliphatic carbocycles. The first-order valence-corrected chi connectivity index (χ1v) is 6.57. The van der Waals surface area contributed by atoms with Gasteiger partial charge in [-0.3, -0.25) is 4.68 Å². The maximum atomic E-state index is 4.37. The minimum Gasteiger partial charge on any atom is -0.312 e. The fourth-order valence-corrected chi connectivity index (χ4v) is 2.07. The van der Waals surface area contributed by atoms with Crippen molar-refractivity contribution in [3.8, 4) is 0 Å². The fourth-order valence-electron chi connectivity index (χ4n) is 1.60. The standard InChI is InChI=1S/C12H22BrN3/c1-9(2)16-11(10(13)8-15-16)6-7-14-12(3,4)5/h8-9,14H,6-7H2,1-5H3. The first-order valence-electron chi connectivity index (χ1n) is 5.78. The van der Waals surface area contributed by atoms with Gasteiger partial charge < -0.3 is 5.32 Å². The van der Waals surface area contributed by atoms with Crippen LogP contribution in [-0.2, 0) is 6.42 Å². The van der Waals surface area contributed by atoms with E-state index in [1.54, 1.807) is 0 Å². The molecule has 16 heavy (non-hydrogen) atoms. The van der Waals surface area contributed by atoms with Crippen molar-refractivity contribution in [2.75, 3.05) is 6.54 Å². The van der Waals surface area contributed by atoms with Gasteiger partial charge in [-0.1, -0.05) is 0 Å². The monoisotopic (exact) mass is 287 g/mol. The Kier molecular flexibility index (Phi) is 4.56. The number of hydrogen-bond donors (Lipinski definition) is 1. The molecule has 0 saturated heterocycles. The van der Waals surface area contributed by atoms with Crippen molar-refractivity contribution in [2.24, 2.45) is 0 Å². The Bertz CT molecular complexity index is 337. The average molecular weight is 288 g/mol. The molecule has 0 radical (unpaired) electrons. The lowest BCUT2D eigenvalue weighted by atomic mass is 10.1. The minimum absolute atomic E-state index is 0.176. The molecule has 0 spiro atoms. The van der Waals surface area contributed by atoms with Gasteiger partial charge in [0.05, 0.1) is 16.4 Å². The lowest BCUT2D eigenvalue weighted by Gasteiger charge is -2.21. The van der Waals surface area contributed by atoms with Gasteiger partial charge in [0.15, 0.2) is 0 Å². The Labute approximate surface area is 107 Å². The third-order valence-corrected chi connectivity index (χ3v) is 3.02. The molecule has 0 atom stereocenters. The molecular formula is C12H22BrN3. The highest BCUT2D eigenvalue weighted by Gasteiger charge is 2.13. The fraction of sp³-hybridized carbons (Fsp3) is 0.750. The molecule has 1 rings (SSSR count). The zero-order valence-corrected chi connectivity index (χ0v) is 12.4. The van der Waals surface area contributed by atoms with E-state index >= 15 is 0 Å². The first kappa shape index (κ1) is 13.7. The van der Waals surface area contributed by atoms with Gasteiger partial charge in [-0.05, 0) is 50.5 Å². The summed E-state index contributed by atoms with van der Waals surface area (Å²) in [6.07, 6.45) is 2.88. The minimum atomic E-state index is 0.176. The van der Waals surface area contributed by atoms with Gasteiger partial charge in [-0.15, -0.1) is 0 Å². The second-order valence-corrected chi connectivity index (χ2v) is 6.26. The van der Waals surface area contributed by atoms with Crippen molar-refractivity contribution in [3.63, 3.8) is 0 Å². The third-order valence-electron chi connectivity index (χ3n) is 2.35. The van der Waals surface area contributed by atoms with Crippen molar-refractivity contribution in [2.45, 2.75) is 52.6 Å². The van der Waals surface area contributed by atoms with Crippen molar-refractivity contribution in [3.05, 3.63) is 16.4 Å². The number of nitrogens with zero attached hydrogens (tertiary/aromatic N) is 2. The molecule has 0 bridgehead atoms. The molecule has 1 aromatic heterocycles. The topological polar surface area (TPSA) is 29.9 Å². The van der Waals surface area contributed by atoms with E-state index in [1.165, 1.54) is 5.69 Å². The molecule has 4 heteroatoms. The smallest absolute Gasteiger partial charge is 0.0635 e. The van der Waals surface area contributed by atoms with Crippen LogP contribution in [0.5, 0.6) is 0 Å². The molecule has 0 aliphatic rings. The summed E-state index contributed by atoms with van der Waals surface area (Å²) in [5.74, 6) is 0. The zero-order chi connectivity index (χ0) is 12.3. The lowest BCUT2D eigenvalue weighted by Crippen LogP contribution is -2.37. The van der Waals surface area contributed by atoms with Crippen LogP contribution in [0.15, 0.2) is 10.7 Å². The van der Waals surface area contributed by atoms with Crippen molar-refractivity contribution in [1.29, 1.82) is 0 Å². The summed E-state index contributed by atoms with van der Waals surface area (Å²) in [4.78, 5) is 0. The van der Waals surface area contributed by atoms with Crippen LogP contribution >= 0.6 is 15.9 Å². The third kappa shape index (κ3) is 3.91. The van der Waals surface area contributed by atoms with Gasteiger partial charge in [0.1, 0.15) is 0 Å². The predicted octanol–water partition coefficient (Wildman–Crippen LogP) is 3.16. The van der Waals surface area contributed by atoms with Gasteiger partial charge >= 0.3 is 0 Å². The molecule has 0 aliphatic heterocycles. The van der Waals surface area contributed by atoms with Crippen molar-refractivity contribution < 1.29 is 0 Å². The number of nitrogens with one attached hydrogen (secondary N) is 1. The number of aromatic nitrogens is 2. The SMILES string of the molecule is CC(C)n1ncc(Br)c1CCNC(C)(C)C. The Morgan fingerprint density at radius 2 is 2.06 bits per heavy atom. The van der Waals surface area contributed by atoms with Gasteiger partial charge in [0.25, 0.3) is 0 Å². The van der Waals surface area contributed by atoms with E-state index in [1.807, 2.05) is 6.20 Å². The highest BCUT2D eigenvalue weighted by Crippen LogP contribution is 2.19. The van der Waals surface area contributed by atoms with E-state index in [4.69, 9.17) is 0 Å². The van der Waals surface area contributed by atoms with Gasteiger partial charge in [-0.2, -0.15) is 5.10 Å². The van der Waals surface area contributed by atoms with Crippen LogP contribution in [0.2, 0.25) is 0 Å². The molecule has 0 unspecified atom stereocenters. The van der Waals surface area contributed by atoms with Crippen LogP contribution < -0.4 is 5.32 Å². The van der Waals surface area contributed by atoms with E-state index in [0.29, 0.717) is 6.04 Å². The maximum Gasteiger partial charge on any atom is 0.0635 e. The molecular weight excluding hydrogens is 266 g/mol. The second kappa shape index (κ2) is 5.32. The van der Waals surface area contributed by atoms with E-state index in [0.717, 1.165) is 17.4 Å². The summed E-state index contributed by atoms with van der Waals surface area (Å²) in [5.41, 5.74) is 1.45. The summed E-state index contributed by atoms with van der Waals surface area (Å²) in [7, 11) is 0. The van der Waals surface area contributed by atoms with Gasteiger partial charge in [0.2, 0.25) is 0 Å². The molecule has 0 aromatic carbocycles. The maximum absolute atomic E-state index is 4.37. The summed E-state index contributed by atoms with van der Waals surface area (Å²) >= 11 is 3.55. The Morgan fingerprint density at radius 3 is 2.56 bits per heavy atom. The number of halogens is 1.